The second-order valence-corrected chi connectivity index (χ2v) is 5.53. The first-order valence-corrected chi connectivity index (χ1v) is 7.53. The molecule has 0 atom stereocenters. The maximum Gasteiger partial charge on any atom is 0.276 e. The quantitative estimate of drug-likeness (QED) is 0.847. The van der Waals surface area contributed by atoms with Gasteiger partial charge in [0.25, 0.3) is 5.91 Å². The van der Waals surface area contributed by atoms with Crippen molar-refractivity contribution in [2.45, 2.75) is 20.3 Å². The number of hydrogen-bond acceptors (Lipinski definition) is 4. The molecule has 0 aliphatic carbocycles. The smallest absolute Gasteiger partial charge is 0.276 e. The lowest BCUT2D eigenvalue weighted by Crippen LogP contribution is -2.33. The van der Waals surface area contributed by atoms with Crippen LogP contribution in [0.5, 0.6) is 0 Å². The maximum absolute atomic E-state index is 12.6. The van der Waals surface area contributed by atoms with Gasteiger partial charge in [0.05, 0.1) is 18.0 Å². The summed E-state index contributed by atoms with van der Waals surface area (Å²) in [7, 11) is 0. The third-order valence-electron chi connectivity index (χ3n) is 3.89. The van der Waals surface area contributed by atoms with E-state index in [4.69, 9.17) is 4.74 Å². The van der Waals surface area contributed by atoms with E-state index in [0.717, 1.165) is 17.8 Å². The number of ether oxygens (including phenoxy) is 1. The topological polar surface area (TPSA) is 60.2 Å². The molecule has 0 unspecified atom stereocenters. The molecule has 3 rings (SSSR count). The number of nitrogens with zero attached hydrogens (tertiary/aromatic N) is 4. The zero-order valence-corrected chi connectivity index (χ0v) is 13.0. The fourth-order valence-electron chi connectivity index (χ4n) is 2.56. The lowest BCUT2D eigenvalue weighted by Gasteiger charge is -2.18. The summed E-state index contributed by atoms with van der Waals surface area (Å²) in [5.41, 5.74) is 3.28. The SMILES string of the molecule is Cc1ccc(-n2nnc(C(=O)N3CCCOCC3)c2C)cc1. The maximum atomic E-state index is 12.6. The Morgan fingerprint density at radius 2 is 1.91 bits per heavy atom. The Morgan fingerprint density at radius 1 is 1.14 bits per heavy atom. The van der Waals surface area contributed by atoms with E-state index in [1.807, 2.05) is 38.1 Å². The van der Waals surface area contributed by atoms with Gasteiger partial charge >= 0.3 is 0 Å². The van der Waals surface area contributed by atoms with E-state index in [1.165, 1.54) is 5.56 Å². The predicted molar refractivity (Wildman–Crippen MR) is 82.2 cm³/mol. The lowest BCUT2D eigenvalue weighted by molar-refractivity contribution is 0.0734. The van der Waals surface area contributed by atoms with Gasteiger partial charge in [0.15, 0.2) is 5.69 Å². The van der Waals surface area contributed by atoms with Crippen molar-refractivity contribution in [1.29, 1.82) is 0 Å². The summed E-state index contributed by atoms with van der Waals surface area (Å²) in [5, 5.41) is 8.24. The Labute approximate surface area is 129 Å². The van der Waals surface area contributed by atoms with Crippen LogP contribution in [-0.4, -0.2) is 52.1 Å². The molecule has 1 aliphatic heterocycles. The molecule has 6 heteroatoms. The van der Waals surface area contributed by atoms with Crippen LogP contribution >= 0.6 is 0 Å². The average molecular weight is 300 g/mol. The molecule has 0 bridgehead atoms. The molecule has 2 heterocycles. The van der Waals surface area contributed by atoms with Crippen LogP contribution < -0.4 is 0 Å². The monoisotopic (exact) mass is 300 g/mol. The lowest BCUT2D eigenvalue weighted by atomic mass is 10.2. The molecule has 1 saturated heterocycles. The number of aromatic nitrogens is 3. The Bertz CT molecular complexity index is 655. The number of amides is 1. The Kier molecular flexibility index (Phi) is 4.20. The molecular weight excluding hydrogens is 280 g/mol. The van der Waals surface area contributed by atoms with Gasteiger partial charge in [-0.15, -0.1) is 5.10 Å². The van der Waals surface area contributed by atoms with Crippen molar-refractivity contribution in [2.24, 2.45) is 0 Å². The summed E-state index contributed by atoms with van der Waals surface area (Å²) in [4.78, 5) is 14.4. The third-order valence-corrected chi connectivity index (χ3v) is 3.89. The van der Waals surface area contributed by atoms with Gasteiger partial charge < -0.3 is 9.64 Å². The number of rotatable bonds is 2. The van der Waals surface area contributed by atoms with Gasteiger partial charge in [-0.1, -0.05) is 22.9 Å². The third kappa shape index (κ3) is 2.87. The molecule has 1 fully saturated rings. The van der Waals surface area contributed by atoms with Crippen LogP contribution in [0.25, 0.3) is 5.69 Å². The van der Waals surface area contributed by atoms with E-state index in [0.29, 0.717) is 32.0 Å². The molecule has 1 aromatic heterocycles. The van der Waals surface area contributed by atoms with Crippen molar-refractivity contribution in [2.75, 3.05) is 26.3 Å². The zero-order chi connectivity index (χ0) is 15.5. The van der Waals surface area contributed by atoms with Gasteiger partial charge in [-0.2, -0.15) is 0 Å². The molecular formula is C16H20N4O2. The highest BCUT2D eigenvalue weighted by Gasteiger charge is 2.23. The van der Waals surface area contributed by atoms with Crippen LogP contribution in [0.1, 0.15) is 28.2 Å². The molecule has 6 nitrogen and oxygen atoms in total. The Morgan fingerprint density at radius 3 is 2.68 bits per heavy atom. The first-order chi connectivity index (χ1) is 10.7. The van der Waals surface area contributed by atoms with Gasteiger partial charge in [0.2, 0.25) is 0 Å². The van der Waals surface area contributed by atoms with E-state index in [9.17, 15) is 4.79 Å². The highest BCUT2D eigenvalue weighted by molar-refractivity contribution is 5.93. The Balaban J connectivity index is 1.86. The van der Waals surface area contributed by atoms with Crippen molar-refractivity contribution in [3.63, 3.8) is 0 Å². The summed E-state index contributed by atoms with van der Waals surface area (Å²) in [6.07, 6.45) is 0.858. The summed E-state index contributed by atoms with van der Waals surface area (Å²) in [6, 6.07) is 7.99. The number of benzene rings is 1. The van der Waals surface area contributed by atoms with Gasteiger partial charge in [0.1, 0.15) is 0 Å². The van der Waals surface area contributed by atoms with Crippen molar-refractivity contribution >= 4 is 5.91 Å². The van der Waals surface area contributed by atoms with Crippen LogP contribution in [0.4, 0.5) is 0 Å². The molecule has 1 aromatic carbocycles. The summed E-state index contributed by atoms with van der Waals surface area (Å²) < 4.78 is 7.10. The molecule has 0 N–H and O–H groups in total. The van der Waals surface area contributed by atoms with E-state index >= 15 is 0 Å². The molecule has 2 aromatic rings. The zero-order valence-electron chi connectivity index (χ0n) is 13.0. The summed E-state index contributed by atoms with van der Waals surface area (Å²) >= 11 is 0. The molecule has 0 radical (unpaired) electrons. The van der Waals surface area contributed by atoms with E-state index in [-0.39, 0.29) is 5.91 Å². The van der Waals surface area contributed by atoms with E-state index in [1.54, 1.807) is 9.58 Å². The van der Waals surface area contributed by atoms with Crippen molar-refractivity contribution in [3.8, 4) is 5.69 Å². The fraction of sp³-hybridized carbons (Fsp3) is 0.438. The van der Waals surface area contributed by atoms with Gasteiger partial charge in [0, 0.05) is 19.7 Å². The Hall–Kier alpha value is -2.21. The number of aryl methyl sites for hydroxylation is 1. The minimum Gasteiger partial charge on any atom is -0.380 e. The molecule has 22 heavy (non-hydrogen) atoms. The minimum atomic E-state index is -0.0682. The molecule has 1 aliphatic rings. The predicted octanol–water partition coefficient (Wildman–Crippen LogP) is 1.75. The summed E-state index contributed by atoms with van der Waals surface area (Å²) in [6.45, 7) is 6.51. The van der Waals surface area contributed by atoms with Crippen molar-refractivity contribution in [3.05, 3.63) is 41.2 Å². The average Bonchev–Trinajstić information content (AvgIpc) is 2.75. The number of hydrogen-bond donors (Lipinski definition) is 0. The van der Waals surface area contributed by atoms with E-state index < -0.39 is 0 Å². The van der Waals surface area contributed by atoms with Crippen LogP contribution in [-0.2, 0) is 4.74 Å². The highest BCUT2D eigenvalue weighted by atomic mass is 16.5. The van der Waals surface area contributed by atoms with Crippen LogP contribution in [0.15, 0.2) is 24.3 Å². The molecule has 0 saturated carbocycles. The van der Waals surface area contributed by atoms with Crippen LogP contribution in [0.3, 0.4) is 0 Å². The second kappa shape index (κ2) is 6.27. The number of carbonyl (C=O) groups is 1. The standard InChI is InChI=1S/C16H20N4O2/c1-12-4-6-14(7-5-12)20-13(2)15(17-18-20)16(21)19-8-3-10-22-11-9-19/h4-7H,3,8-11H2,1-2H3. The highest BCUT2D eigenvalue weighted by Crippen LogP contribution is 2.15. The van der Waals surface area contributed by atoms with Crippen molar-refractivity contribution in [1.82, 2.24) is 19.9 Å². The van der Waals surface area contributed by atoms with Gasteiger partial charge in [-0.05, 0) is 32.4 Å². The second-order valence-electron chi connectivity index (χ2n) is 5.53. The molecule has 0 spiro atoms. The fourth-order valence-corrected chi connectivity index (χ4v) is 2.56. The summed E-state index contributed by atoms with van der Waals surface area (Å²) in [5.74, 6) is -0.0682. The van der Waals surface area contributed by atoms with Gasteiger partial charge in [-0.3, -0.25) is 4.79 Å². The van der Waals surface area contributed by atoms with Crippen LogP contribution in [0, 0.1) is 13.8 Å². The minimum absolute atomic E-state index is 0.0682. The molecule has 116 valence electrons. The normalized spacial score (nSPS) is 15.6. The van der Waals surface area contributed by atoms with E-state index in [2.05, 4.69) is 10.3 Å². The number of carbonyl (C=O) groups excluding carboxylic acids is 1. The first-order valence-electron chi connectivity index (χ1n) is 7.53. The van der Waals surface area contributed by atoms with Gasteiger partial charge in [-0.25, -0.2) is 4.68 Å². The molecule has 1 amide bonds. The largest absolute Gasteiger partial charge is 0.380 e. The first kappa shape index (κ1) is 14.7. The van der Waals surface area contributed by atoms with Crippen molar-refractivity contribution < 1.29 is 9.53 Å². The van der Waals surface area contributed by atoms with Crippen LogP contribution in [0.2, 0.25) is 0 Å².